The van der Waals surface area contributed by atoms with Gasteiger partial charge in [-0.25, -0.2) is 0 Å². The maximum Gasteiger partial charge on any atom is 0.269 e. The van der Waals surface area contributed by atoms with Crippen LogP contribution in [0.3, 0.4) is 0 Å². The molecule has 0 saturated heterocycles. The van der Waals surface area contributed by atoms with E-state index in [1.54, 1.807) is 31.2 Å². The minimum absolute atomic E-state index is 0.00727. The van der Waals surface area contributed by atoms with Gasteiger partial charge in [0.1, 0.15) is 5.75 Å². The van der Waals surface area contributed by atoms with E-state index in [0.717, 1.165) is 19.3 Å². The van der Waals surface area contributed by atoms with E-state index in [0.29, 0.717) is 29.2 Å². The number of unbranched alkanes of at least 4 members (excludes halogenated alkanes) is 2. The van der Waals surface area contributed by atoms with Crippen molar-refractivity contribution in [3.05, 3.63) is 63.7 Å². The number of rotatable bonds is 8. The van der Waals surface area contributed by atoms with E-state index in [2.05, 4.69) is 17.6 Å². The lowest BCUT2D eigenvalue weighted by Crippen LogP contribution is -2.34. The largest absolute Gasteiger partial charge is 0.493 e. The number of carbonyl (C=O) groups excluding carboxylic acids is 1. The molecule has 0 aliphatic carbocycles. The Kier molecular flexibility index (Phi) is 7.88. The third kappa shape index (κ3) is 6.02. The first-order chi connectivity index (χ1) is 13.4. The van der Waals surface area contributed by atoms with Crippen molar-refractivity contribution in [1.82, 2.24) is 5.32 Å². The van der Waals surface area contributed by atoms with Gasteiger partial charge in [-0.1, -0.05) is 31.9 Å². The number of carbonyl (C=O) groups is 1. The molecule has 0 saturated carbocycles. The van der Waals surface area contributed by atoms with E-state index in [9.17, 15) is 14.9 Å². The fourth-order valence-electron chi connectivity index (χ4n) is 2.54. The van der Waals surface area contributed by atoms with Crippen LogP contribution in [-0.4, -0.2) is 22.5 Å². The number of anilines is 1. The first-order valence-corrected chi connectivity index (χ1v) is 9.42. The number of benzene rings is 2. The Bertz CT molecular complexity index is 870. The predicted molar refractivity (Wildman–Crippen MR) is 113 cm³/mol. The minimum atomic E-state index is -0.464. The number of para-hydroxylation sites is 1. The van der Waals surface area contributed by atoms with E-state index in [1.807, 2.05) is 6.07 Å². The fraction of sp³-hybridized carbons (Fsp3) is 0.300. The molecular formula is C20H23N3O4S. The number of thiocarbonyl (C=S) groups is 1. The van der Waals surface area contributed by atoms with E-state index in [1.165, 1.54) is 12.1 Å². The SMILES string of the molecule is CCCCCOc1ccccc1C(=O)NC(=S)Nc1ccc([N+](=O)[O-])cc1C. The summed E-state index contributed by atoms with van der Waals surface area (Å²) in [5, 5.41) is 16.4. The van der Waals surface area contributed by atoms with Crippen LogP contribution in [0, 0.1) is 17.0 Å². The molecule has 2 aromatic carbocycles. The van der Waals surface area contributed by atoms with Crippen molar-refractivity contribution in [3.63, 3.8) is 0 Å². The highest BCUT2D eigenvalue weighted by molar-refractivity contribution is 7.80. The standard InChI is InChI=1S/C20H23N3O4S/c1-3-4-7-12-27-18-9-6-5-8-16(18)19(24)22-20(28)21-17-11-10-15(23(25)26)13-14(17)2/h5-6,8-11,13H,3-4,7,12H2,1-2H3,(H2,21,22,24,28). The third-order valence-corrected chi connectivity index (χ3v) is 4.24. The van der Waals surface area contributed by atoms with E-state index in [-0.39, 0.29) is 16.7 Å². The number of nitro groups is 1. The van der Waals surface area contributed by atoms with Crippen LogP contribution in [-0.2, 0) is 0 Å². The molecule has 0 fully saturated rings. The molecule has 0 radical (unpaired) electrons. The van der Waals surface area contributed by atoms with Crippen LogP contribution in [0.1, 0.15) is 42.1 Å². The third-order valence-electron chi connectivity index (χ3n) is 4.03. The molecule has 0 unspecified atom stereocenters. The van der Waals surface area contributed by atoms with Crippen molar-refractivity contribution in [1.29, 1.82) is 0 Å². The highest BCUT2D eigenvalue weighted by Crippen LogP contribution is 2.21. The molecule has 2 rings (SSSR count). The van der Waals surface area contributed by atoms with Gasteiger partial charge in [0.25, 0.3) is 11.6 Å². The molecule has 0 aromatic heterocycles. The van der Waals surface area contributed by atoms with Crippen LogP contribution in [0.5, 0.6) is 5.75 Å². The molecule has 8 heteroatoms. The van der Waals surface area contributed by atoms with E-state index >= 15 is 0 Å². The molecule has 0 atom stereocenters. The summed E-state index contributed by atoms with van der Waals surface area (Å²) in [5.41, 5.74) is 1.61. The zero-order chi connectivity index (χ0) is 20.5. The second-order valence-corrected chi connectivity index (χ2v) is 6.62. The summed E-state index contributed by atoms with van der Waals surface area (Å²) in [6.07, 6.45) is 3.08. The summed E-state index contributed by atoms with van der Waals surface area (Å²) in [7, 11) is 0. The molecule has 7 nitrogen and oxygen atoms in total. The number of ether oxygens (including phenoxy) is 1. The van der Waals surface area contributed by atoms with Gasteiger partial charge in [0.2, 0.25) is 0 Å². The van der Waals surface area contributed by atoms with Gasteiger partial charge in [0.15, 0.2) is 5.11 Å². The molecule has 1 amide bonds. The normalized spacial score (nSPS) is 10.2. The Labute approximate surface area is 169 Å². The molecule has 2 N–H and O–H groups in total. The Balaban J connectivity index is 2.01. The van der Waals surface area contributed by atoms with Crippen molar-refractivity contribution in [2.24, 2.45) is 0 Å². The Morgan fingerprint density at radius 3 is 2.64 bits per heavy atom. The molecule has 2 aromatic rings. The highest BCUT2D eigenvalue weighted by Gasteiger charge is 2.15. The van der Waals surface area contributed by atoms with Crippen LogP contribution in [0.15, 0.2) is 42.5 Å². The lowest BCUT2D eigenvalue weighted by Gasteiger charge is -2.14. The van der Waals surface area contributed by atoms with Crippen molar-refractivity contribution < 1.29 is 14.5 Å². The van der Waals surface area contributed by atoms with Gasteiger partial charge in [-0.3, -0.25) is 20.2 Å². The van der Waals surface area contributed by atoms with Crippen molar-refractivity contribution >= 4 is 34.6 Å². The minimum Gasteiger partial charge on any atom is -0.493 e. The number of nitro benzene ring substituents is 1. The Morgan fingerprint density at radius 1 is 1.21 bits per heavy atom. The van der Waals surface area contributed by atoms with Gasteiger partial charge in [0, 0.05) is 17.8 Å². The predicted octanol–water partition coefficient (Wildman–Crippen LogP) is 4.60. The molecule has 148 valence electrons. The highest BCUT2D eigenvalue weighted by atomic mass is 32.1. The van der Waals surface area contributed by atoms with E-state index < -0.39 is 4.92 Å². The lowest BCUT2D eigenvalue weighted by molar-refractivity contribution is -0.384. The van der Waals surface area contributed by atoms with Crippen molar-refractivity contribution in [2.75, 3.05) is 11.9 Å². The van der Waals surface area contributed by atoms with Crippen molar-refractivity contribution in [2.45, 2.75) is 33.1 Å². The molecule has 0 aliphatic heterocycles. The molecule has 0 bridgehead atoms. The number of non-ortho nitro benzene ring substituents is 1. The van der Waals surface area contributed by atoms with Gasteiger partial charge < -0.3 is 10.1 Å². The Hall–Kier alpha value is -3.00. The summed E-state index contributed by atoms with van der Waals surface area (Å²) in [5.74, 6) is 0.119. The number of aryl methyl sites for hydroxylation is 1. The number of nitrogens with one attached hydrogen (secondary N) is 2. The van der Waals surface area contributed by atoms with Crippen LogP contribution in [0.2, 0.25) is 0 Å². The summed E-state index contributed by atoms with van der Waals surface area (Å²) in [4.78, 5) is 22.9. The van der Waals surface area contributed by atoms with Crippen LogP contribution in [0.4, 0.5) is 11.4 Å². The number of amides is 1. The quantitative estimate of drug-likeness (QED) is 0.291. The smallest absolute Gasteiger partial charge is 0.269 e. The average Bonchev–Trinajstić information content (AvgIpc) is 2.67. The summed E-state index contributed by atoms with van der Waals surface area (Å²) >= 11 is 5.20. The molecular weight excluding hydrogens is 378 g/mol. The van der Waals surface area contributed by atoms with Gasteiger partial charge in [-0.15, -0.1) is 0 Å². The number of hydrogen-bond donors (Lipinski definition) is 2. The van der Waals surface area contributed by atoms with E-state index in [4.69, 9.17) is 17.0 Å². The zero-order valence-electron chi connectivity index (χ0n) is 15.9. The maximum atomic E-state index is 12.6. The monoisotopic (exact) mass is 401 g/mol. The first kappa shape index (κ1) is 21.3. The molecule has 28 heavy (non-hydrogen) atoms. The summed E-state index contributed by atoms with van der Waals surface area (Å²) in [6, 6.07) is 11.3. The summed E-state index contributed by atoms with van der Waals surface area (Å²) in [6.45, 7) is 4.38. The van der Waals surface area contributed by atoms with Gasteiger partial charge >= 0.3 is 0 Å². The summed E-state index contributed by atoms with van der Waals surface area (Å²) < 4.78 is 5.73. The van der Waals surface area contributed by atoms with Gasteiger partial charge in [-0.05, 0) is 49.3 Å². The van der Waals surface area contributed by atoms with Gasteiger partial charge in [0.05, 0.1) is 17.1 Å². The zero-order valence-corrected chi connectivity index (χ0v) is 16.7. The van der Waals surface area contributed by atoms with Gasteiger partial charge in [-0.2, -0.15) is 0 Å². The molecule has 0 heterocycles. The molecule has 0 aliphatic rings. The average molecular weight is 401 g/mol. The van der Waals surface area contributed by atoms with Crippen LogP contribution < -0.4 is 15.4 Å². The van der Waals surface area contributed by atoms with Crippen molar-refractivity contribution in [3.8, 4) is 5.75 Å². The van der Waals surface area contributed by atoms with Crippen LogP contribution in [0.25, 0.3) is 0 Å². The Morgan fingerprint density at radius 2 is 1.96 bits per heavy atom. The topological polar surface area (TPSA) is 93.5 Å². The molecule has 0 spiro atoms. The number of hydrogen-bond acceptors (Lipinski definition) is 5. The second-order valence-electron chi connectivity index (χ2n) is 6.22. The van der Waals surface area contributed by atoms with Crippen LogP contribution >= 0.6 is 12.2 Å². The lowest BCUT2D eigenvalue weighted by atomic mass is 10.2. The second kappa shape index (κ2) is 10.4. The number of nitrogens with zero attached hydrogens (tertiary/aromatic N) is 1. The first-order valence-electron chi connectivity index (χ1n) is 9.01. The maximum absolute atomic E-state index is 12.6. The fourth-order valence-corrected chi connectivity index (χ4v) is 2.74.